The maximum absolute atomic E-state index is 5.42. The van der Waals surface area contributed by atoms with Crippen LogP contribution in [0, 0.1) is 0 Å². The van der Waals surface area contributed by atoms with Gasteiger partial charge in [-0.1, -0.05) is 164 Å². The zero-order chi connectivity index (χ0) is 41.9. The van der Waals surface area contributed by atoms with Gasteiger partial charge in [-0.15, -0.1) is 11.3 Å². The molecule has 0 aliphatic heterocycles. The van der Waals surface area contributed by atoms with Gasteiger partial charge in [0.15, 0.2) is 17.5 Å². The van der Waals surface area contributed by atoms with Gasteiger partial charge in [-0.05, 0) is 97.1 Å². The van der Waals surface area contributed by atoms with Crippen molar-refractivity contribution in [2.24, 2.45) is 0 Å². The smallest absolute Gasteiger partial charge is 0.165 e. The largest absolute Gasteiger partial charge is 0.256 e. The molecule has 0 unspecified atom stereocenters. The van der Waals surface area contributed by atoms with E-state index in [-0.39, 0.29) is 0 Å². The first-order valence-corrected chi connectivity index (χ1v) is 22.5. The number of rotatable bonds is 4. The van der Waals surface area contributed by atoms with E-state index >= 15 is 0 Å². The Morgan fingerprint density at radius 1 is 0.344 bits per heavy atom. The Labute approximate surface area is 372 Å². The second-order valence-electron chi connectivity index (χ2n) is 16.9. The van der Waals surface area contributed by atoms with Crippen molar-refractivity contribution in [3.63, 3.8) is 0 Å². The number of aromatic nitrogens is 4. The lowest BCUT2D eigenvalue weighted by Crippen LogP contribution is -2.25. The van der Waals surface area contributed by atoms with E-state index < -0.39 is 5.41 Å². The van der Waals surface area contributed by atoms with E-state index in [1.807, 2.05) is 6.20 Å². The number of fused-ring (bicyclic) bond motifs is 15. The normalized spacial score (nSPS) is 13.1. The fourth-order valence-corrected chi connectivity index (χ4v) is 11.9. The molecule has 2 aliphatic rings. The summed E-state index contributed by atoms with van der Waals surface area (Å²) in [6.45, 7) is 0. The van der Waals surface area contributed by atoms with Crippen LogP contribution in [0.25, 0.3) is 109 Å². The number of benzene rings is 9. The molecule has 9 aromatic carbocycles. The molecule has 12 aromatic rings. The summed E-state index contributed by atoms with van der Waals surface area (Å²) in [6.07, 6.45) is 1.96. The molecular weight excluding hydrogens is 797 g/mol. The molecule has 64 heavy (non-hydrogen) atoms. The van der Waals surface area contributed by atoms with Gasteiger partial charge in [0.1, 0.15) is 0 Å². The quantitative estimate of drug-likeness (QED) is 0.177. The lowest BCUT2D eigenvalue weighted by Gasteiger charge is -2.30. The summed E-state index contributed by atoms with van der Waals surface area (Å²) in [5.74, 6) is 1.92. The zero-order valence-corrected chi connectivity index (χ0v) is 35.1. The number of hydrogen-bond acceptors (Lipinski definition) is 5. The Bertz CT molecular complexity index is 3880. The van der Waals surface area contributed by atoms with Crippen molar-refractivity contribution < 1.29 is 0 Å². The number of hydrogen-bond donors (Lipinski definition) is 0. The highest BCUT2D eigenvalue weighted by atomic mass is 32.1. The lowest BCUT2D eigenvalue weighted by atomic mass is 9.70. The Balaban J connectivity index is 0.987. The third-order valence-electron chi connectivity index (χ3n) is 13.6. The third kappa shape index (κ3) is 5.04. The molecule has 0 saturated carbocycles. The Hall–Kier alpha value is -8.12. The van der Waals surface area contributed by atoms with Crippen molar-refractivity contribution in [2.75, 3.05) is 0 Å². The van der Waals surface area contributed by atoms with Gasteiger partial charge in [-0.25, -0.2) is 15.0 Å². The Kier molecular flexibility index (Phi) is 7.45. The minimum atomic E-state index is -0.480. The van der Waals surface area contributed by atoms with E-state index in [9.17, 15) is 0 Å². The molecule has 0 atom stereocenters. The summed E-state index contributed by atoms with van der Waals surface area (Å²) in [5.41, 5.74) is 14.6. The second-order valence-corrected chi connectivity index (χ2v) is 18.0. The van der Waals surface area contributed by atoms with Crippen LogP contribution in [0.1, 0.15) is 22.3 Å². The second kappa shape index (κ2) is 13.4. The lowest BCUT2D eigenvalue weighted by molar-refractivity contribution is 0.794. The predicted molar refractivity (Wildman–Crippen MR) is 264 cm³/mol. The summed E-state index contributed by atoms with van der Waals surface area (Å²) in [4.78, 5) is 21.0. The third-order valence-corrected chi connectivity index (χ3v) is 14.8. The van der Waals surface area contributed by atoms with E-state index in [1.54, 1.807) is 11.3 Å². The van der Waals surface area contributed by atoms with Crippen LogP contribution in [0.15, 0.2) is 206 Å². The van der Waals surface area contributed by atoms with Gasteiger partial charge >= 0.3 is 0 Å². The molecule has 0 amide bonds. The van der Waals surface area contributed by atoms with Gasteiger partial charge in [-0.2, -0.15) is 0 Å². The minimum absolute atomic E-state index is 0.480. The molecule has 0 bridgehead atoms. The molecule has 14 rings (SSSR count). The number of nitrogens with zero attached hydrogens (tertiary/aromatic N) is 4. The van der Waals surface area contributed by atoms with Crippen molar-refractivity contribution in [3.8, 4) is 67.7 Å². The summed E-state index contributed by atoms with van der Waals surface area (Å²) in [5, 5.41) is 6.98. The van der Waals surface area contributed by atoms with Gasteiger partial charge in [-0.3, -0.25) is 4.98 Å². The first kappa shape index (κ1) is 35.5. The van der Waals surface area contributed by atoms with Crippen molar-refractivity contribution in [1.82, 2.24) is 19.9 Å². The first-order valence-electron chi connectivity index (χ1n) is 21.7. The molecule has 4 nitrogen and oxygen atoms in total. The monoisotopic (exact) mass is 830 g/mol. The van der Waals surface area contributed by atoms with Gasteiger partial charge in [0, 0.05) is 54.0 Å². The van der Waals surface area contributed by atoms with Crippen molar-refractivity contribution in [3.05, 3.63) is 229 Å². The molecule has 296 valence electrons. The van der Waals surface area contributed by atoms with Crippen LogP contribution >= 0.6 is 11.3 Å². The number of pyridine rings is 1. The zero-order valence-electron chi connectivity index (χ0n) is 34.3. The molecule has 0 fully saturated rings. The van der Waals surface area contributed by atoms with Crippen LogP contribution in [0.3, 0.4) is 0 Å². The standard InChI is InChI=1S/C59H34N4S/c1-2-13-40-34-60-53(33-36(40)12-1)37-26-24-35-25-27-38(31-41(35)30-37)56-61-57(63-58(62-56)48-19-11-18-47-46-17-6-10-23-54(46)64-55(47)48)39-28-29-45-44-16-5-9-22-51(44)59(52(45)32-39)49-20-7-3-14-42(49)43-15-4-8-21-50(43)59/h1-34H. The number of thiophene rings is 1. The maximum atomic E-state index is 5.42. The highest BCUT2D eigenvalue weighted by Crippen LogP contribution is 2.63. The highest BCUT2D eigenvalue weighted by molar-refractivity contribution is 7.26. The van der Waals surface area contributed by atoms with Crippen molar-refractivity contribution in [2.45, 2.75) is 5.41 Å². The van der Waals surface area contributed by atoms with E-state index in [4.69, 9.17) is 19.9 Å². The molecular formula is C59H34N4S. The van der Waals surface area contributed by atoms with Crippen LogP contribution in [0.5, 0.6) is 0 Å². The molecule has 2 aliphatic carbocycles. The average Bonchev–Trinajstić information content (AvgIpc) is 4.00. The van der Waals surface area contributed by atoms with E-state index in [0.29, 0.717) is 17.5 Å². The predicted octanol–water partition coefficient (Wildman–Crippen LogP) is 15.0. The molecule has 0 radical (unpaired) electrons. The van der Waals surface area contributed by atoms with Crippen LogP contribution in [0.4, 0.5) is 0 Å². The van der Waals surface area contributed by atoms with Gasteiger partial charge in [0.05, 0.1) is 11.1 Å². The van der Waals surface area contributed by atoms with Crippen molar-refractivity contribution >= 4 is 53.1 Å². The van der Waals surface area contributed by atoms with E-state index in [0.717, 1.165) is 44.1 Å². The molecule has 3 heterocycles. The topological polar surface area (TPSA) is 51.6 Å². The van der Waals surface area contributed by atoms with Gasteiger partial charge in [0.25, 0.3) is 0 Å². The molecule has 5 heteroatoms. The SMILES string of the molecule is c1ccc2c(c1)-c1ccccc1C21c2ccccc2-c2ccc(-c3nc(-c4ccc5ccc(-c6cc7ccccc7cn6)cc5c4)nc(-c4cccc5c4sc4ccccc45)n3)cc21. The molecule has 0 saturated heterocycles. The summed E-state index contributed by atoms with van der Waals surface area (Å²) < 4.78 is 2.41. The maximum Gasteiger partial charge on any atom is 0.165 e. The Morgan fingerprint density at radius 2 is 0.891 bits per heavy atom. The summed E-state index contributed by atoms with van der Waals surface area (Å²) in [6, 6.07) is 72.4. The fourth-order valence-electron chi connectivity index (χ4n) is 10.7. The van der Waals surface area contributed by atoms with E-state index in [1.165, 1.54) is 70.1 Å². The molecule has 3 aromatic heterocycles. The van der Waals surface area contributed by atoms with Crippen LogP contribution in [0.2, 0.25) is 0 Å². The van der Waals surface area contributed by atoms with Crippen LogP contribution < -0.4 is 0 Å². The summed E-state index contributed by atoms with van der Waals surface area (Å²) in [7, 11) is 0. The summed E-state index contributed by atoms with van der Waals surface area (Å²) >= 11 is 1.79. The Morgan fingerprint density at radius 3 is 1.64 bits per heavy atom. The first-order chi connectivity index (χ1) is 31.7. The molecule has 0 N–H and O–H groups in total. The van der Waals surface area contributed by atoms with Gasteiger partial charge < -0.3 is 0 Å². The molecule has 1 spiro atoms. The fraction of sp³-hybridized carbons (Fsp3) is 0.0169. The van der Waals surface area contributed by atoms with Crippen LogP contribution in [-0.4, -0.2) is 19.9 Å². The van der Waals surface area contributed by atoms with Gasteiger partial charge in [0.2, 0.25) is 0 Å². The van der Waals surface area contributed by atoms with Crippen LogP contribution in [-0.2, 0) is 5.41 Å². The average molecular weight is 831 g/mol. The minimum Gasteiger partial charge on any atom is -0.256 e. The van der Waals surface area contributed by atoms with E-state index in [2.05, 4.69) is 200 Å². The highest BCUT2D eigenvalue weighted by Gasteiger charge is 2.51. The van der Waals surface area contributed by atoms with Crippen molar-refractivity contribution in [1.29, 1.82) is 0 Å².